The number of ether oxygens (including phenoxy) is 2. The lowest BCUT2D eigenvalue weighted by atomic mass is 9.91. The average molecular weight is 247 g/mol. The number of Topliss-reactive ketones (excluding diaryl/α,β-unsaturated/α-hetero) is 1. The van der Waals surface area contributed by atoms with Crippen LogP contribution in [-0.4, -0.2) is 11.8 Å². The van der Waals surface area contributed by atoms with E-state index >= 15 is 0 Å². The fraction of sp³-hybridized carbons (Fsp3) is 0.385. The molecule has 1 aliphatic carbocycles. The highest BCUT2D eigenvalue weighted by molar-refractivity contribution is 6.04. The maximum Gasteiger partial charge on any atom is 0.404 e. The van der Waals surface area contributed by atoms with Crippen molar-refractivity contribution >= 4 is 5.78 Å². The van der Waals surface area contributed by atoms with Crippen molar-refractivity contribution in [3.05, 3.63) is 23.8 Å². The van der Waals surface area contributed by atoms with Crippen LogP contribution in [0.2, 0.25) is 0 Å². The third kappa shape index (κ3) is 1.46. The van der Waals surface area contributed by atoms with Gasteiger partial charge in [-0.1, -0.05) is 6.07 Å². The number of hydrogen-bond donors (Lipinski definition) is 0. The van der Waals surface area contributed by atoms with E-state index in [4.69, 9.17) is 14.7 Å². The van der Waals surface area contributed by atoms with Crippen LogP contribution in [0.5, 0.6) is 11.5 Å². The summed E-state index contributed by atoms with van der Waals surface area (Å²) in [5.74, 6) is 0.128. The maximum absolute atomic E-state index is 13.5. The van der Waals surface area contributed by atoms with Crippen LogP contribution in [0.3, 0.4) is 0 Å². The largest absolute Gasteiger partial charge is 0.423 e. The molecule has 1 aromatic rings. The Morgan fingerprint density at radius 1 is 1.39 bits per heavy atom. The van der Waals surface area contributed by atoms with Crippen molar-refractivity contribution in [2.45, 2.75) is 31.2 Å². The third-order valence-electron chi connectivity index (χ3n) is 3.37. The maximum atomic E-state index is 13.5. The van der Waals surface area contributed by atoms with Gasteiger partial charge >= 0.3 is 6.04 Å². The monoisotopic (exact) mass is 247 g/mol. The summed E-state index contributed by atoms with van der Waals surface area (Å²) in [6.07, 6.45) is 1.29. The highest BCUT2D eigenvalue weighted by Crippen LogP contribution is 2.51. The molecule has 1 atom stereocenters. The Bertz CT molecular complexity index is 584. The van der Waals surface area contributed by atoms with E-state index in [1.165, 1.54) is 6.92 Å². The first-order chi connectivity index (χ1) is 8.47. The molecule has 0 radical (unpaired) electrons. The second-order valence-electron chi connectivity index (χ2n) is 4.72. The van der Waals surface area contributed by atoms with E-state index in [1.807, 2.05) is 0 Å². The first kappa shape index (κ1) is 11.0. The van der Waals surface area contributed by atoms with Gasteiger partial charge in [0.1, 0.15) is 6.07 Å². The van der Waals surface area contributed by atoms with Gasteiger partial charge in [0, 0.05) is 6.92 Å². The molecule has 0 saturated heterocycles. The van der Waals surface area contributed by atoms with Crippen LogP contribution in [0, 0.1) is 11.3 Å². The third-order valence-corrected chi connectivity index (χ3v) is 3.37. The second-order valence-corrected chi connectivity index (χ2v) is 4.72. The minimum absolute atomic E-state index is 0.273. The number of halogens is 1. The van der Waals surface area contributed by atoms with E-state index in [-0.39, 0.29) is 5.75 Å². The number of carbonyl (C=O) groups excluding carboxylic acids is 1. The molecule has 5 heteroatoms. The van der Waals surface area contributed by atoms with Crippen molar-refractivity contribution in [1.29, 1.82) is 5.26 Å². The molecule has 1 saturated carbocycles. The molecule has 0 spiro atoms. The number of benzene rings is 1. The van der Waals surface area contributed by atoms with Crippen molar-refractivity contribution in [3.63, 3.8) is 0 Å². The van der Waals surface area contributed by atoms with E-state index in [2.05, 4.69) is 0 Å². The highest BCUT2D eigenvalue weighted by Gasteiger charge is 2.52. The van der Waals surface area contributed by atoms with E-state index in [0.29, 0.717) is 24.2 Å². The fourth-order valence-electron chi connectivity index (χ4n) is 2.26. The van der Waals surface area contributed by atoms with Gasteiger partial charge in [0.25, 0.3) is 0 Å². The van der Waals surface area contributed by atoms with Crippen LogP contribution in [0.15, 0.2) is 18.2 Å². The van der Waals surface area contributed by atoms with Gasteiger partial charge in [-0.25, -0.2) is 0 Å². The van der Waals surface area contributed by atoms with Gasteiger partial charge < -0.3 is 9.47 Å². The van der Waals surface area contributed by atoms with E-state index in [0.717, 1.165) is 0 Å². The molecule has 1 aliphatic heterocycles. The molecule has 4 nitrogen and oxygen atoms in total. The van der Waals surface area contributed by atoms with Gasteiger partial charge in [-0.3, -0.25) is 4.79 Å². The zero-order chi connectivity index (χ0) is 13.0. The summed E-state index contributed by atoms with van der Waals surface area (Å²) in [4.78, 5) is 11.6. The van der Waals surface area contributed by atoms with Crippen molar-refractivity contribution in [2.75, 3.05) is 0 Å². The van der Waals surface area contributed by atoms with Crippen molar-refractivity contribution in [2.24, 2.45) is 0 Å². The summed E-state index contributed by atoms with van der Waals surface area (Å²) < 4.78 is 23.4. The Morgan fingerprint density at radius 2 is 2.06 bits per heavy atom. The van der Waals surface area contributed by atoms with Gasteiger partial charge in [-0.05, 0) is 30.5 Å². The van der Waals surface area contributed by atoms with Crippen molar-refractivity contribution in [3.8, 4) is 17.6 Å². The number of nitriles is 1. The molecule has 92 valence electrons. The zero-order valence-electron chi connectivity index (χ0n) is 9.70. The van der Waals surface area contributed by atoms with Gasteiger partial charge in [0.2, 0.25) is 5.78 Å². The Kier molecular flexibility index (Phi) is 1.98. The minimum atomic E-state index is -2.17. The Hall–Kier alpha value is -2.09. The average Bonchev–Trinajstić information content (AvgIpc) is 3.05. The number of rotatable bonds is 2. The SMILES string of the molecule is CC1(F)Oc2ccc(C3(C(=O)C#N)CC3)cc2O1. The normalized spacial score (nSPS) is 26.5. The second kappa shape index (κ2) is 3.22. The van der Waals surface area contributed by atoms with Gasteiger partial charge in [-0.15, -0.1) is 0 Å². The molecule has 1 heterocycles. The van der Waals surface area contributed by atoms with Crippen LogP contribution in [-0.2, 0) is 10.2 Å². The molecule has 18 heavy (non-hydrogen) atoms. The molecule has 0 N–H and O–H groups in total. The van der Waals surface area contributed by atoms with Crippen LogP contribution in [0.1, 0.15) is 25.3 Å². The Labute approximate surface area is 103 Å². The summed E-state index contributed by atoms with van der Waals surface area (Å²) in [7, 11) is 0. The number of alkyl halides is 1. The number of carbonyl (C=O) groups is 1. The molecule has 2 aliphatic rings. The predicted octanol–water partition coefficient (Wildman–Crippen LogP) is 2.23. The lowest BCUT2D eigenvalue weighted by molar-refractivity contribution is -0.173. The van der Waals surface area contributed by atoms with E-state index < -0.39 is 17.2 Å². The number of ketones is 1. The summed E-state index contributed by atoms with van der Waals surface area (Å²) in [5.41, 5.74) is -0.0308. The molecule has 1 unspecified atom stereocenters. The number of hydrogen-bond acceptors (Lipinski definition) is 4. The zero-order valence-corrected chi connectivity index (χ0v) is 9.70. The number of nitrogens with zero attached hydrogens (tertiary/aromatic N) is 1. The molecular formula is C13H10FNO3. The fourth-order valence-corrected chi connectivity index (χ4v) is 2.26. The smallest absolute Gasteiger partial charge is 0.404 e. The molecule has 0 aromatic heterocycles. The van der Waals surface area contributed by atoms with Crippen LogP contribution < -0.4 is 9.47 Å². The van der Waals surface area contributed by atoms with Crippen molar-refractivity contribution in [1.82, 2.24) is 0 Å². The van der Waals surface area contributed by atoms with Gasteiger partial charge in [0.05, 0.1) is 5.41 Å². The standard InChI is InChI=1S/C13H10FNO3/c1-12(14)17-9-3-2-8(6-10(9)18-12)13(4-5-13)11(16)7-15/h2-3,6H,4-5H2,1H3. The molecule has 1 aromatic carbocycles. The molecule has 1 fully saturated rings. The Balaban J connectivity index is 1.99. The topological polar surface area (TPSA) is 59.3 Å². The van der Waals surface area contributed by atoms with Crippen LogP contribution in [0.4, 0.5) is 4.39 Å². The first-order valence-corrected chi connectivity index (χ1v) is 5.63. The van der Waals surface area contributed by atoms with E-state index in [9.17, 15) is 9.18 Å². The first-order valence-electron chi connectivity index (χ1n) is 5.63. The minimum Gasteiger partial charge on any atom is -0.423 e. The molecular weight excluding hydrogens is 237 g/mol. The summed E-state index contributed by atoms with van der Waals surface area (Å²) in [6, 6.07) is 4.34. The number of fused-ring (bicyclic) bond motifs is 1. The summed E-state index contributed by atoms with van der Waals surface area (Å²) >= 11 is 0. The molecule has 0 amide bonds. The Morgan fingerprint density at radius 3 is 2.67 bits per heavy atom. The van der Waals surface area contributed by atoms with Gasteiger partial charge in [-0.2, -0.15) is 9.65 Å². The lowest BCUT2D eigenvalue weighted by Gasteiger charge is -2.11. The van der Waals surface area contributed by atoms with Crippen molar-refractivity contribution < 1.29 is 18.7 Å². The highest BCUT2D eigenvalue weighted by atomic mass is 19.2. The summed E-state index contributed by atoms with van der Waals surface area (Å²) in [5, 5.41) is 8.73. The molecule has 3 rings (SSSR count). The predicted molar refractivity (Wildman–Crippen MR) is 58.7 cm³/mol. The lowest BCUT2D eigenvalue weighted by Crippen LogP contribution is -2.27. The summed E-state index contributed by atoms with van der Waals surface area (Å²) in [6.45, 7) is 1.17. The molecule has 0 bridgehead atoms. The quantitative estimate of drug-likeness (QED) is 0.752. The van der Waals surface area contributed by atoms with E-state index in [1.54, 1.807) is 24.3 Å². The van der Waals surface area contributed by atoms with Crippen LogP contribution in [0.25, 0.3) is 0 Å². The van der Waals surface area contributed by atoms with Gasteiger partial charge in [0.15, 0.2) is 11.5 Å². The van der Waals surface area contributed by atoms with Crippen LogP contribution >= 0.6 is 0 Å².